The minimum atomic E-state index is 0.184. The molecule has 1 nitrogen and oxygen atoms in total. The lowest BCUT2D eigenvalue weighted by molar-refractivity contribution is -0.118. The van der Waals surface area contributed by atoms with Crippen molar-refractivity contribution in [2.75, 3.05) is 0 Å². The Kier molecular flexibility index (Phi) is 5.58. The fraction of sp³-hybridized carbons (Fsp3) is 0.588. The third-order valence-electron chi connectivity index (χ3n) is 3.28. The van der Waals surface area contributed by atoms with Crippen LogP contribution in [0.15, 0.2) is 24.3 Å². The van der Waals surface area contributed by atoms with Crippen LogP contribution in [0.5, 0.6) is 0 Å². The van der Waals surface area contributed by atoms with Gasteiger partial charge in [-0.1, -0.05) is 64.8 Å². The molecule has 18 heavy (non-hydrogen) atoms. The maximum Gasteiger partial charge on any atom is 0.137 e. The second kappa shape index (κ2) is 6.72. The summed E-state index contributed by atoms with van der Waals surface area (Å²) in [6.07, 6.45) is 4.70. The van der Waals surface area contributed by atoms with Gasteiger partial charge in [-0.15, -0.1) is 0 Å². The molecule has 0 fully saturated rings. The summed E-state index contributed by atoms with van der Waals surface area (Å²) in [6.45, 7) is 8.78. The number of benzene rings is 1. The molecular formula is C17H26O. The predicted molar refractivity (Wildman–Crippen MR) is 78.0 cm³/mol. The highest BCUT2D eigenvalue weighted by molar-refractivity contribution is 5.80. The minimum absolute atomic E-state index is 0.184. The topological polar surface area (TPSA) is 17.1 Å². The molecule has 0 saturated carbocycles. The summed E-state index contributed by atoms with van der Waals surface area (Å²) in [4.78, 5) is 11.8. The molecule has 0 N–H and O–H groups in total. The van der Waals surface area contributed by atoms with Crippen LogP contribution in [0, 0.1) is 0 Å². The average molecular weight is 246 g/mol. The molecule has 0 atom stereocenters. The largest absolute Gasteiger partial charge is 0.299 e. The lowest BCUT2D eigenvalue weighted by Gasteiger charge is -2.19. The number of rotatable bonds is 6. The van der Waals surface area contributed by atoms with E-state index in [0.717, 1.165) is 24.8 Å². The van der Waals surface area contributed by atoms with Crippen LogP contribution in [0.2, 0.25) is 0 Å². The quantitative estimate of drug-likeness (QED) is 0.666. The van der Waals surface area contributed by atoms with E-state index in [0.29, 0.717) is 12.2 Å². The molecule has 0 radical (unpaired) electrons. The summed E-state index contributed by atoms with van der Waals surface area (Å²) in [5, 5.41) is 0. The molecule has 0 aliphatic heterocycles. The molecule has 0 spiro atoms. The van der Waals surface area contributed by atoms with E-state index >= 15 is 0 Å². The van der Waals surface area contributed by atoms with Crippen molar-refractivity contribution in [2.24, 2.45) is 0 Å². The van der Waals surface area contributed by atoms with E-state index < -0.39 is 0 Å². The smallest absolute Gasteiger partial charge is 0.137 e. The number of Topliss-reactive ketones (excluding diaryl/α,β-unsaturated/α-hetero) is 1. The molecule has 0 aliphatic carbocycles. The Bertz CT molecular complexity index is 368. The van der Waals surface area contributed by atoms with Gasteiger partial charge in [0.2, 0.25) is 0 Å². The fourth-order valence-corrected chi connectivity index (χ4v) is 2.01. The van der Waals surface area contributed by atoms with Gasteiger partial charge in [-0.25, -0.2) is 0 Å². The van der Waals surface area contributed by atoms with Gasteiger partial charge in [-0.05, 0) is 23.0 Å². The van der Waals surface area contributed by atoms with Crippen molar-refractivity contribution in [1.29, 1.82) is 0 Å². The van der Waals surface area contributed by atoms with Crippen LogP contribution >= 0.6 is 0 Å². The molecule has 0 aromatic heterocycles. The Hall–Kier alpha value is -1.11. The molecule has 1 heteroatoms. The summed E-state index contributed by atoms with van der Waals surface area (Å²) in [5.41, 5.74) is 2.65. The van der Waals surface area contributed by atoms with Gasteiger partial charge in [0.05, 0.1) is 0 Å². The van der Waals surface area contributed by atoms with E-state index in [-0.39, 0.29) is 5.41 Å². The molecule has 0 aliphatic rings. The van der Waals surface area contributed by atoms with E-state index in [1.807, 2.05) is 0 Å². The minimum Gasteiger partial charge on any atom is -0.299 e. The van der Waals surface area contributed by atoms with Crippen LogP contribution in [-0.2, 0) is 16.6 Å². The SMILES string of the molecule is CCCCCC(=O)Cc1ccc(C(C)(C)C)cc1. The zero-order valence-electron chi connectivity index (χ0n) is 12.3. The third-order valence-corrected chi connectivity index (χ3v) is 3.28. The van der Waals surface area contributed by atoms with Gasteiger partial charge < -0.3 is 0 Å². The maximum atomic E-state index is 11.8. The van der Waals surface area contributed by atoms with Gasteiger partial charge in [0.25, 0.3) is 0 Å². The normalized spacial score (nSPS) is 11.6. The summed E-state index contributed by atoms with van der Waals surface area (Å²) in [5.74, 6) is 0.368. The van der Waals surface area contributed by atoms with Crippen molar-refractivity contribution in [1.82, 2.24) is 0 Å². The lowest BCUT2D eigenvalue weighted by atomic mass is 9.86. The molecule has 100 valence electrons. The number of hydrogen-bond acceptors (Lipinski definition) is 1. The summed E-state index contributed by atoms with van der Waals surface area (Å²) >= 11 is 0. The molecular weight excluding hydrogens is 220 g/mol. The van der Waals surface area contributed by atoms with Crippen LogP contribution in [0.4, 0.5) is 0 Å². The Morgan fingerprint density at radius 1 is 1.06 bits per heavy atom. The van der Waals surface area contributed by atoms with E-state index in [1.165, 1.54) is 12.0 Å². The first-order valence-corrected chi connectivity index (χ1v) is 7.04. The van der Waals surface area contributed by atoms with Gasteiger partial charge in [0, 0.05) is 12.8 Å². The first-order valence-electron chi connectivity index (χ1n) is 7.04. The summed E-state index contributed by atoms with van der Waals surface area (Å²) in [7, 11) is 0. The van der Waals surface area contributed by atoms with E-state index in [4.69, 9.17) is 0 Å². The van der Waals surface area contributed by atoms with Gasteiger partial charge in [0.1, 0.15) is 5.78 Å². The molecule has 0 amide bonds. The van der Waals surface area contributed by atoms with Gasteiger partial charge in [-0.2, -0.15) is 0 Å². The summed E-state index contributed by atoms with van der Waals surface area (Å²) in [6, 6.07) is 8.49. The van der Waals surface area contributed by atoms with Crippen LogP contribution in [-0.4, -0.2) is 5.78 Å². The number of hydrogen-bond donors (Lipinski definition) is 0. The Morgan fingerprint density at radius 3 is 2.17 bits per heavy atom. The first kappa shape index (κ1) is 14.9. The Morgan fingerprint density at radius 2 is 1.67 bits per heavy atom. The van der Waals surface area contributed by atoms with E-state index in [1.54, 1.807) is 0 Å². The van der Waals surface area contributed by atoms with Crippen molar-refractivity contribution in [3.8, 4) is 0 Å². The molecule has 1 rings (SSSR count). The monoisotopic (exact) mass is 246 g/mol. The lowest BCUT2D eigenvalue weighted by Crippen LogP contribution is -2.11. The predicted octanol–water partition coefficient (Wildman–Crippen LogP) is 4.68. The molecule has 0 heterocycles. The van der Waals surface area contributed by atoms with Crippen LogP contribution in [0.1, 0.15) is 64.5 Å². The van der Waals surface area contributed by atoms with Crippen LogP contribution in [0.3, 0.4) is 0 Å². The molecule has 0 unspecified atom stereocenters. The molecule has 0 bridgehead atoms. The first-order chi connectivity index (χ1) is 8.43. The molecule has 1 aromatic carbocycles. The zero-order valence-corrected chi connectivity index (χ0v) is 12.3. The number of carbonyl (C=O) groups is 1. The number of carbonyl (C=O) groups excluding carboxylic acids is 1. The molecule has 1 aromatic rings. The van der Waals surface area contributed by atoms with Crippen molar-refractivity contribution < 1.29 is 4.79 Å². The van der Waals surface area contributed by atoms with Crippen molar-refractivity contribution in [3.63, 3.8) is 0 Å². The van der Waals surface area contributed by atoms with Crippen LogP contribution < -0.4 is 0 Å². The van der Waals surface area contributed by atoms with Crippen molar-refractivity contribution in [3.05, 3.63) is 35.4 Å². The summed E-state index contributed by atoms with van der Waals surface area (Å²) < 4.78 is 0. The van der Waals surface area contributed by atoms with Crippen molar-refractivity contribution in [2.45, 2.75) is 65.2 Å². The second-order valence-corrected chi connectivity index (χ2v) is 6.12. The fourth-order valence-electron chi connectivity index (χ4n) is 2.01. The van der Waals surface area contributed by atoms with E-state index in [9.17, 15) is 4.79 Å². The highest BCUT2D eigenvalue weighted by Gasteiger charge is 2.13. The highest BCUT2D eigenvalue weighted by atomic mass is 16.1. The highest BCUT2D eigenvalue weighted by Crippen LogP contribution is 2.22. The Balaban J connectivity index is 2.51. The van der Waals surface area contributed by atoms with Crippen LogP contribution in [0.25, 0.3) is 0 Å². The van der Waals surface area contributed by atoms with Gasteiger partial charge >= 0.3 is 0 Å². The number of unbranched alkanes of at least 4 members (excludes halogenated alkanes) is 2. The van der Waals surface area contributed by atoms with E-state index in [2.05, 4.69) is 52.0 Å². The Labute approximate surface area is 112 Å². The third kappa shape index (κ3) is 5.03. The second-order valence-electron chi connectivity index (χ2n) is 6.12. The molecule has 0 saturated heterocycles. The standard InChI is InChI=1S/C17H26O/c1-5-6-7-8-16(18)13-14-9-11-15(12-10-14)17(2,3)4/h9-12H,5-8,13H2,1-4H3. The maximum absolute atomic E-state index is 11.8. The van der Waals surface area contributed by atoms with Gasteiger partial charge in [-0.3, -0.25) is 4.79 Å². The average Bonchev–Trinajstić information content (AvgIpc) is 2.29. The van der Waals surface area contributed by atoms with Crippen molar-refractivity contribution >= 4 is 5.78 Å². The number of ketones is 1. The van der Waals surface area contributed by atoms with Gasteiger partial charge in [0.15, 0.2) is 0 Å². The zero-order chi connectivity index (χ0) is 13.6.